The Balaban J connectivity index is 2.59. The van der Waals surface area contributed by atoms with E-state index in [9.17, 15) is 9.59 Å². The molecule has 0 N–H and O–H groups in total. The van der Waals surface area contributed by atoms with Gasteiger partial charge in [0.15, 0.2) is 6.61 Å². The van der Waals surface area contributed by atoms with Crippen molar-refractivity contribution >= 4 is 12.3 Å². The van der Waals surface area contributed by atoms with Crippen molar-refractivity contribution in [2.75, 3.05) is 13.2 Å². The first-order chi connectivity index (χ1) is 9.15. The highest BCUT2D eigenvalue weighted by Crippen LogP contribution is 2.20. The van der Waals surface area contributed by atoms with Crippen LogP contribution < -0.4 is 9.47 Å². The summed E-state index contributed by atoms with van der Waals surface area (Å²) in [7, 11) is 0. The van der Waals surface area contributed by atoms with Crippen molar-refractivity contribution in [1.82, 2.24) is 0 Å². The fourth-order valence-corrected chi connectivity index (χ4v) is 1.07. The van der Waals surface area contributed by atoms with Gasteiger partial charge in [-0.05, 0) is 19.1 Å². The van der Waals surface area contributed by atoms with Gasteiger partial charge in [0.05, 0.1) is 6.61 Å². The Morgan fingerprint density at radius 2 is 1.74 bits per heavy atom. The van der Waals surface area contributed by atoms with E-state index in [4.69, 9.17) is 15.9 Å². The Morgan fingerprint density at radius 1 is 1.16 bits per heavy atom. The summed E-state index contributed by atoms with van der Waals surface area (Å²) in [6.07, 6.45) is 3.15. The lowest BCUT2D eigenvalue weighted by molar-refractivity contribution is 0.104. The van der Waals surface area contributed by atoms with E-state index in [2.05, 4.69) is 15.4 Å². The quantitative estimate of drug-likeness (QED) is 0.472. The predicted molar refractivity (Wildman–Crippen MR) is 64.9 cm³/mol. The first kappa shape index (κ1) is 14.4. The number of terminal acetylenes is 1. The SMILES string of the molecule is C#CCOC(=O)Oc1cccc(OC(=O)OCC)c1. The minimum Gasteiger partial charge on any atom is -0.434 e. The lowest BCUT2D eigenvalue weighted by atomic mass is 10.3. The van der Waals surface area contributed by atoms with E-state index >= 15 is 0 Å². The number of ether oxygens (including phenoxy) is 4. The van der Waals surface area contributed by atoms with Crippen LogP contribution in [0.2, 0.25) is 0 Å². The molecule has 0 amide bonds. The molecule has 0 saturated carbocycles. The molecule has 0 aromatic heterocycles. The van der Waals surface area contributed by atoms with Crippen LogP contribution in [0.1, 0.15) is 6.92 Å². The van der Waals surface area contributed by atoms with Gasteiger partial charge in [0.1, 0.15) is 11.5 Å². The summed E-state index contributed by atoms with van der Waals surface area (Å²) in [6, 6.07) is 5.89. The third-order valence-corrected chi connectivity index (χ3v) is 1.74. The van der Waals surface area contributed by atoms with Crippen LogP contribution in [0, 0.1) is 12.3 Å². The van der Waals surface area contributed by atoms with E-state index in [0.29, 0.717) is 0 Å². The van der Waals surface area contributed by atoms with Crippen LogP contribution in [0.3, 0.4) is 0 Å². The van der Waals surface area contributed by atoms with Crippen molar-refractivity contribution < 1.29 is 28.5 Å². The van der Waals surface area contributed by atoms with Crippen molar-refractivity contribution in [3.63, 3.8) is 0 Å². The first-order valence-corrected chi connectivity index (χ1v) is 5.38. The molecule has 19 heavy (non-hydrogen) atoms. The first-order valence-electron chi connectivity index (χ1n) is 5.38. The van der Waals surface area contributed by atoms with Gasteiger partial charge in [-0.1, -0.05) is 12.0 Å². The number of hydrogen-bond acceptors (Lipinski definition) is 6. The summed E-state index contributed by atoms with van der Waals surface area (Å²) in [5.41, 5.74) is 0. The normalized spacial score (nSPS) is 9.05. The molecule has 0 unspecified atom stereocenters. The van der Waals surface area contributed by atoms with Gasteiger partial charge >= 0.3 is 12.3 Å². The van der Waals surface area contributed by atoms with Crippen molar-refractivity contribution in [2.45, 2.75) is 6.92 Å². The Morgan fingerprint density at radius 3 is 2.26 bits per heavy atom. The summed E-state index contributed by atoms with van der Waals surface area (Å²) in [5, 5.41) is 0. The zero-order chi connectivity index (χ0) is 14.1. The standard InChI is InChI=1S/C13H12O6/c1-3-8-17-13(15)19-11-7-5-6-10(9-11)18-12(14)16-4-2/h1,5-7,9H,4,8H2,2H3. The molecular formula is C13H12O6. The number of hydrogen-bond donors (Lipinski definition) is 0. The number of rotatable bonds is 4. The van der Waals surface area contributed by atoms with Crippen LogP contribution in [0.15, 0.2) is 24.3 Å². The lowest BCUT2D eigenvalue weighted by Crippen LogP contribution is -2.12. The molecule has 0 fully saturated rings. The maximum Gasteiger partial charge on any atom is 0.514 e. The highest BCUT2D eigenvalue weighted by atomic mass is 16.7. The summed E-state index contributed by atoms with van der Waals surface area (Å²) in [5.74, 6) is 2.46. The highest BCUT2D eigenvalue weighted by Gasteiger charge is 2.09. The van der Waals surface area contributed by atoms with E-state index in [0.717, 1.165) is 0 Å². The molecule has 1 aromatic carbocycles. The average Bonchev–Trinajstić information content (AvgIpc) is 2.37. The van der Waals surface area contributed by atoms with Gasteiger partial charge in [0, 0.05) is 6.07 Å². The maximum absolute atomic E-state index is 11.1. The molecule has 1 aromatic rings. The smallest absolute Gasteiger partial charge is 0.434 e. The second-order valence-electron chi connectivity index (χ2n) is 3.10. The van der Waals surface area contributed by atoms with Gasteiger partial charge in [-0.2, -0.15) is 0 Å². The Labute approximate surface area is 110 Å². The van der Waals surface area contributed by atoms with E-state index in [1.807, 2.05) is 0 Å². The van der Waals surface area contributed by atoms with Crippen LogP contribution in [0.25, 0.3) is 0 Å². The van der Waals surface area contributed by atoms with Crippen LogP contribution in [-0.2, 0) is 9.47 Å². The number of benzene rings is 1. The third kappa shape index (κ3) is 5.46. The molecule has 0 aliphatic heterocycles. The van der Waals surface area contributed by atoms with Gasteiger partial charge in [-0.25, -0.2) is 9.59 Å². The zero-order valence-corrected chi connectivity index (χ0v) is 10.3. The van der Waals surface area contributed by atoms with Gasteiger partial charge in [0.25, 0.3) is 0 Å². The van der Waals surface area contributed by atoms with Crippen molar-refractivity contribution in [3.8, 4) is 23.8 Å². The fraction of sp³-hybridized carbons (Fsp3) is 0.231. The molecule has 0 bridgehead atoms. The average molecular weight is 264 g/mol. The molecule has 0 heterocycles. The Kier molecular flexibility index (Phi) is 5.76. The van der Waals surface area contributed by atoms with Crippen LogP contribution in [0.4, 0.5) is 9.59 Å². The van der Waals surface area contributed by atoms with E-state index in [-0.39, 0.29) is 24.7 Å². The van der Waals surface area contributed by atoms with Gasteiger partial charge < -0.3 is 18.9 Å². The van der Waals surface area contributed by atoms with Crippen molar-refractivity contribution in [2.24, 2.45) is 0 Å². The molecule has 0 saturated heterocycles. The van der Waals surface area contributed by atoms with Gasteiger partial charge in [-0.15, -0.1) is 6.42 Å². The van der Waals surface area contributed by atoms with E-state index < -0.39 is 12.3 Å². The lowest BCUT2D eigenvalue weighted by Gasteiger charge is -2.06. The highest BCUT2D eigenvalue weighted by molar-refractivity contribution is 5.66. The predicted octanol–water partition coefficient (Wildman–Crippen LogP) is 2.37. The second kappa shape index (κ2) is 7.61. The minimum absolute atomic E-state index is 0.156. The van der Waals surface area contributed by atoms with Crippen molar-refractivity contribution in [3.05, 3.63) is 24.3 Å². The van der Waals surface area contributed by atoms with Crippen LogP contribution in [-0.4, -0.2) is 25.5 Å². The third-order valence-electron chi connectivity index (χ3n) is 1.74. The van der Waals surface area contributed by atoms with E-state index in [1.54, 1.807) is 13.0 Å². The molecule has 100 valence electrons. The molecule has 0 aliphatic carbocycles. The molecule has 0 spiro atoms. The van der Waals surface area contributed by atoms with Crippen molar-refractivity contribution in [1.29, 1.82) is 0 Å². The van der Waals surface area contributed by atoms with Gasteiger partial charge in [-0.3, -0.25) is 0 Å². The number of carbonyl (C=O) groups excluding carboxylic acids is 2. The monoisotopic (exact) mass is 264 g/mol. The Bertz CT molecular complexity index is 488. The summed E-state index contributed by atoms with van der Waals surface area (Å²) < 4.78 is 18.8. The largest absolute Gasteiger partial charge is 0.514 e. The molecule has 0 aliphatic rings. The van der Waals surface area contributed by atoms with E-state index in [1.165, 1.54) is 18.2 Å². The molecule has 1 rings (SSSR count). The molecule has 6 heteroatoms. The Hall–Kier alpha value is -2.68. The maximum atomic E-state index is 11.1. The number of carbonyl (C=O) groups is 2. The topological polar surface area (TPSA) is 71.1 Å². The molecule has 0 atom stereocenters. The molecular weight excluding hydrogens is 252 g/mol. The zero-order valence-electron chi connectivity index (χ0n) is 10.3. The molecule has 6 nitrogen and oxygen atoms in total. The van der Waals surface area contributed by atoms with Crippen LogP contribution in [0.5, 0.6) is 11.5 Å². The summed E-state index contributed by atoms with van der Waals surface area (Å²) >= 11 is 0. The molecule has 0 radical (unpaired) electrons. The summed E-state index contributed by atoms with van der Waals surface area (Å²) in [6.45, 7) is 1.67. The van der Waals surface area contributed by atoms with Crippen LogP contribution >= 0.6 is 0 Å². The minimum atomic E-state index is -0.939. The van der Waals surface area contributed by atoms with Gasteiger partial charge in [0.2, 0.25) is 0 Å². The summed E-state index contributed by atoms with van der Waals surface area (Å²) in [4.78, 5) is 22.2. The fourth-order valence-electron chi connectivity index (χ4n) is 1.07. The second-order valence-corrected chi connectivity index (χ2v) is 3.10.